The molecule has 4 rings (SSSR count). The molecular formula is C14H17N5O10P2. The Morgan fingerprint density at radius 3 is 2.55 bits per heavy atom. The summed E-state index contributed by atoms with van der Waals surface area (Å²) in [6.45, 7) is -0.804. The second-order valence-electron chi connectivity index (χ2n) is 6.65. The van der Waals surface area contributed by atoms with E-state index in [1.54, 1.807) is 12.1 Å². The van der Waals surface area contributed by atoms with Gasteiger partial charge in [0.05, 0.1) is 29.5 Å². The lowest BCUT2D eigenvalue weighted by molar-refractivity contribution is -0.0501. The zero-order valence-electron chi connectivity index (χ0n) is 15.4. The molecule has 5 atom stereocenters. The quantitative estimate of drug-likeness (QED) is 0.244. The van der Waals surface area contributed by atoms with Gasteiger partial charge in [0.1, 0.15) is 30.5 Å². The number of hydrogen-bond acceptors (Lipinski definition) is 11. The Bertz CT molecular complexity index is 1230. The SMILES string of the molecule is Nc1ncnc2cc3c(cc12)ncn3[C@@H]1O[C@H](COP(=O)(O)OP(=O)(O)O)[C@@H](O)[C@H]1O. The maximum absolute atomic E-state index is 11.6. The van der Waals surface area contributed by atoms with Crippen molar-refractivity contribution in [3.8, 4) is 0 Å². The predicted molar refractivity (Wildman–Crippen MR) is 102 cm³/mol. The highest BCUT2D eigenvalue weighted by atomic mass is 31.3. The number of fused-ring (bicyclic) bond motifs is 2. The molecule has 1 fully saturated rings. The van der Waals surface area contributed by atoms with Crippen molar-refractivity contribution in [2.24, 2.45) is 0 Å². The summed E-state index contributed by atoms with van der Waals surface area (Å²) >= 11 is 0. The van der Waals surface area contributed by atoms with Crippen molar-refractivity contribution >= 4 is 43.4 Å². The Labute approximate surface area is 172 Å². The van der Waals surface area contributed by atoms with E-state index in [0.717, 1.165) is 0 Å². The van der Waals surface area contributed by atoms with Gasteiger partial charge in [-0.3, -0.25) is 4.52 Å². The normalized spacial score (nSPS) is 26.5. The van der Waals surface area contributed by atoms with Crippen molar-refractivity contribution in [3.63, 3.8) is 0 Å². The number of aliphatic hydroxyl groups is 2. The number of anilines is 1. The summed E-state index contributed by atoms with van der Waals surface area (Å²) < 4.78 is 37.4. The predicted octanol–water partition coefficient (Wildman–Crippen LogP) is -0.593. The third-order valence-electron chi connectivity index (χ3n) is 4.58. The zero-order valence-corrected chi connectivity index (χ0v) is 17.2. The Morgan fingerprint density at radius 1 is 1.10 bits per heavy atom. The highest BCUT2D eigenvalue weighted by molar-refractivity contribution is 7.60. The molecule has 7 N–H and O–H groups in total. The number of nitrogens with zero attached hydrogens (tertiary/aromatic N) is 4. The van der Waals surface area contributed by atoms with Crippen LogP contribution >= 0.6 is 15.6 Å². The molecular weight excluding hydrogens is 460 g/mol. The molecule has 0 bridgehead atoms. The average molecular weight is 477 g/mol. The van der Waals surface area contributed by atoms with Gasteiger partial charge in [-0.05, 0) is 12.1 Å². The van der Waals surface area contributed by atoms with E-state index in [0.29, 0.717) is 21.9 Å². The van der Waals surface area contributed by atoms with Crippen LogP contribution in [-0.2, 0) is 22.7 Å². The van der Waals surface area contributed by atoms with Crippen LogP contribution in [0.5, 0.6) is 0 Å². The number of hydrogen-bond donors (Lipinski definition) is 6. The van der Waals surface area contributed by atoms with Gasteiger partial charge in [-0.1, -0.05) is 0 Å². The summed E-state index contributed by atoms with van der Waals surface area (Å²) in [5.74, 6) is 0.261. The van der Waals surface area contributed by atoms with Crippen molar-refractivity contribution < 1.29 is 47.6 Å². The number of rotatable bonds is 6. The second-order valence-corrected chi connectivity index (χ2v) is 9.48. The summed E-state index contributed by atoms with van der Waals surface area (Å²) in [5, 5.41) is 21.2. The first kappa shape index (κ1) is 22.2. The van der Waals surface area contributed by atoms with E-state index in [1.807, 2.05) is 0 Å². The molecule has 2 aromatic heterocycles. The Morgan fingerprint density at radius 2 is 1.84 bits per heavy atom. The molecule has 1 unspecified atom stereocenters. The molecule has 1 saturated heterocycles. The van der Waals surface area contributed by atoms with Crippen LogP contribution in [0.2, 0.25) is 0 Å². The van der Waals surface area contributed by atoms with Gasteiger partial charge >= 0.3 is 15.6 Å². The molecule has 3 aromatic rings. The minimum Gasteiger partial charge on any atom is -0.387 e. The fourth-order valence-electron chi connectivity index (χ4n) is 3.22. The number of nitrogens with two attached hydrogens (primary N) is 1. The van der Waals surface area contributed by atoms with Gasteiger partial charge in [-0.2, -0.15) is 4.31 Å². The van der Waals surface area contributed by atoms with Crippen LogP contribution < -0.4 is 5.73 Å². The van der Waals surface area contributed by atoms with Crippen LogP contribution in [0, 0.1) is 0 Å². The fourth-order valence-corrected chi connectivity index (χ4v) is 4.82. The van der Waals surface area contributed by atoms with Gasteiger partial charge in [0, 0.05) is 5.39 Å². The number of imidazole rings is 1. The molecule has 0 spiro atoms. The molecule has 1 aliphatic heterocycles. The highest BCUT2D eigenvalue weighted by Gasteiger charge is 2.45. The summed E-state index contributed by atoms with van der Waals surface area (Å²) in [5.41, 5.74) is 7.31. The molecule has 17 heteroatoms. The largest absolute Gasteiger partial charge is 0.481 e. The smallest absolute Gasteiger partial charge is 0.387 e. The molecule has 0 saturated carbocycles. The molecule has 0 amide bonds. The van der Waals surface area contributed by atoms with Crippen molar-refractivity contribution in [2.45, 2.75) is 24.5 Å². The summed E-state index contributed by atoms with van der Waals surface area (Å²) in [4.78, 5) is 38.9. The van der Waals surface area contributed by atoms with Crippen LogP contribution in [0.3, 0.4) is 0 Å². The minimum atomic E-state index is -5.30. The van der Waals surface area contributed by atoms with Gasteiger partial charge in [-0.15, -0.1) is 0 Å². The van der Waals surface area contributed by atoms with Gasteiger partial charge in [-0.25, -0.2) is 24.1 Å². The molecule has 0 radical (unpaired) electrons. The van der Waals surface area contributed by atoms with Crippen LogP contribution in [0.25, 0.3) is 21.9 Å². The zero-order chi connectivity index (χ0) is 22.6. The number of ether oxygens (including phenoxy) is 1. The van der Waals surface area contributed by atoms with Gasteiger partial charge in [0.2, 0.25) is 0 Å². The Kier molecular flexibility index (Phi) is 5.60. The summed E-state index contributed by atoms with van der Waals surface area (Å²) in [7, 11) is -10.4. The monoisotopic (exact) mass is 477 g/mol. The average Bonchev–Trinajstić information content (AvgIpc) is 3.18. The van der Waals surface area contributed by atoms with E-state index < -0.39 is 46.8 Å². The standard InChI is InChI=1S/C14H17N5O10P2/c15-13-6-1-8-9(2-7(6)16-4-17-13)19(5-18-8)14-12(21)11(20)10(28-14)3-27-31(25,26)29-30(22,23)24/h1-2,4-5,10-12,14,20-21H,3H2,(H,25,26)(H2,15,16,17)(H2,22,23,24)/t10-,11-,12-,14-/m1/s1. The van der Waals surface area contributed by atoms with Crippen LogP contribution in [0.1, 0.15) is 6.23 Å². The van der Waals surface area contributed by atoms with E-state index in [2.05, 4.69) is 23.8 Å². The van der Waals surface area contributed by atoms with Gasteiger partial charge in [0.15, 0.2) is 6.23 Å². The van der Waals surface area contributed by atoms with Crippen molar-refractivity contribution in [3.05, 3.63) is 24.8 Å². The molecule has 0 aliphatic carbocycles. The maximum atomic E-state index is 11.6. The van der Waals surface area contributed by atoms with Crippen LogP contribution in [0.4, 0.5) is 5.82 Å². The molecule has 168 valence electrons. The van der Waals surface area contributed by atoms with Crippen LogP contribution in [-0.4, -0.2) is 69.3 Å². The Hall–Kier alpha value is -2.03. The second kappa shape index (κ2) is 7.83. The number of benzene rings is 1. The van der Waals surface area contributed by atoms with Gasteiger partial charge < -0.3 is 39.9 Å². The van der Waals surface area contributed by atoms with Crippen molar-refractivity contribution in [1.29, 1.82) is 0 Å². The maximum Gasteiger partial charge on any atom is 0.481 e. The van der Waals surface area contributed by atoms with Crippen molar-refractivity contribution in [2.75, 3.05) is 12.3 Å². The molecule has 1 aliphatic rings. The molecule has 3 heterocycles. The fraction of sp³-hybridized carbons (Fsp3) is 0.357. The lowest BCUT2D eigenvalue weighted by atomic mass is 10.1. The number of aliphatic hydroxyl groups excluding tert-OH is 2. The lowest BCUT2D eigenvalue weighted by Crippen LogP contribution is -2.33. The van der Waals surface area contributed by atoms with E-state index in [1.165, 1.54) is 17.2 Å². The Balaban J connectivity index is 1.57. The van der Waals surface area contributed by atoms with Gasteiger partial charge in [0.25, 0.3) is 0 Å². The number of nitrogen functional groups attached to an aromatic ring is 1. The molecule has 31 heavy (non-hydrogen) atoms. The lowest BCUT2D eigenvalue weighted by Gasteiger charge is -2.18. The van der Waals surface area contributed by atoms with E-state index >= 15 is 0 Å². The van der Waals surface area contributed by atoms with Crippen molar-refractivity contribution in [1.82, 2.24) is 19.5 Å². The summed E-state index contributed by atoms with van der Waals surface area (Å²) in [6, 6.07) is 3.29. The summed E-state index contributed by atoms with van der Waals surface area (Å²) in [6.07, 6.45) is -2.89. The van der Waals surface area contributed by atoms with Crippen LogP contribution in [0.15, 0.2) is 24.8 Å². The van der Waals surface area contributed by atoms with E-state index in [9.17, 15) is 24.2 Å². The molecule has 1 aromatic carbocycles. The van der Waals surface area contributed by atoms with E-state index in [-0.39, 0.29) is 5.82 Å². The number of aromatic nitrogens is 4. The third kappa shape index (κ3) is 4.47. The number of phosphoric acid groups is 2. The minimum absolute atomic E-state index is 0.261. The highest BCUT2D eigenvalue weighted by Crippen LogP contribution is 2.57. The third-order valence-corrected chi connectivity index (χ3v) is 6.74. The topological polar surface area (TPSA) is 233 Å². The number of phosphoric ester groups is 1. The van der Waals surface area contributed by atoms with E-state index in [4.69, 9.17) is 20.3 Å². The molecule has 15 nitrogen and oxygen atoms in total. The first-order valence-corrected chi connectivity index (χ1v) is 11.6. The first-order chi connectivity index (χ1) is 14.5. The first-order valence-electron chi connectivity index (χ1n) is 8.58.